The third kappa shape index (κ3) is 2.32. The quantitative estimate of drug-likeness (QED) is 0.720. The highest BCUT2D eigenvalue weighted by Gasteiger charge is 2.35. The van der Waals surface area contributed by atoms with E-state index in [1.165, 1.54) is 0 Å². The Morgan fingerprint density at radius 1 is 1.17 bits per heavy atom. The van der Waals surface area contributed by atoms with E-state index in [0.29, 0.717) is 10.0 Å². The highest BCUT2D eigenvalue weighted by molar-refractivity contribution is 6.36. The van der Waals surface area contributed by atoms with Crippen molar-refractivity contribution in [2.24, 2.45) is 7.05 Å². The van der Waals surface area contributed by atoms with E-state index in [1.54, 1.807) is 12.4 Å². The molecule has 1 unspecified atom stereocenters. The molecule has 1 aromatic carbocycles. The number of nitrogens with zero attached hydrogens (tertiary/aromatic N) is 4. The lowest BCUT2D eigenvalue weighted by molar-refractivity contribution is 0.715. The first-order valence-corrected chi connectivity index (χ1v) is 8.26. The van der Waals surface area contributed by atoms with Gasteiger partial charge >= 0.3 is 0 Å². The van der Waals surface area contributed by atoms with Gasteiger partial charge in [-0.25, -0.2) is 0 Å². The third-order valence-corrected chi connectivity index (χ3v) is 4.76. The van der Waals surface area contributed by atoms with Crippen LogP contribution >= 0.6 is 23.2 Å². The van der Waals surface area contributed by atoms with Crippen LogP contribution in [-0.4, -0.2) is 14.8 Å². The summed E-state index contributed by atoms with van der Waals surface area (Å²) in [6.45, 7) is 1.97. The van der Waals surface area contributed by atoms with Crippen molar-refractivity contribution >= 4 is 40.4 Å². The van der Waals surface area contributed by atoms with Gasteiger partial charge in [0.2, 0.25) is 0 Å². The summed E-state index contributed by atoms with van der Waals surface area (Å²) in [5.41, 5.74) is 3.71. The molecular weight excluding hydrogens is 345 g/mol. The van der Waals surface area contributed by atoms with Crippen molar-refractivity contribution in [3.8, 4) is 0 Å². The molecule has 1 N–H and O–H groups in total. The van der Waals surface area contributed by atoms with E-state index in [0.717, 1.165) is 28.5 Å². The van der Waals surface area contributed by atoms with Gasteiger partial charge in [-0.3, -0.25) is 14.6 Å². The van der Waals surface area contributed by atoms with Crippen LogP contribution in [0, 0.1) is 6.92 Å². The summed E-state index contributed by atoms with van der Waals surface area (Å²) in [5.74, 6) is 0.950. The van der Waals surface area contributed by atoms with Crippen molar-refractivity contribution in [3.63, 3.8) is 0 Å². The smallest absolute Gasteiger partial charge is 0.134 e. The highest BCUT2D eigenvalue weighted by Crippen LogP contribution is 2.48. The van der Waals surface area contributed by atoms with E-state index in [2.05, 4.69) is 20.3 Å². The Bertz CT molecular complexity index is 901. The summed E-state index contributed by atoms with van der Waals surface area (Å²) in [6, 6.07) is 9.54. The van der Waals surface area contributed by atoms with Gasteiger partial charge in [-0.15, -0.1) is 0 Å². The number of fused-ring (bicyclic) bond motifs is 1. The van der Waals surface area contributed by atoms with Gasteiger partial charge in [0, 0.05) is 34.9 Å². The number of anilines is 3. The van der Waals surface area contributed by atoms with Crippen molar-refractivity contribution < 1.29 is 0 Å². The zero-order valence-electron chi connectivity index (χ0n) is 13.2. The molecule has 7 heteroatoms. The van der Waals surface area contributed by atoms with Gasteiger partial charge in [0.05, 0.1) is 23.3 Å². The molecule has 1 aliphatic rings. The fraction of sp³-hybridized carbons (Fsp3) is 0.176. The maximum absolute atomic E-state index is 6.46. The molecule has 3 aromatic rings. The Hall–Kier alpha value is -2.24. The van der Waals surface area contributed by atoms with Crippen LogP contribution in [0.2, 0.25) is 10.0 Å². The number of aromatic nitrogens is 3. The summed E-state index contributed by atoms with van der Waals surface area (Å²) in [7, 11) is 1.92. The van der Waals surface area contributed by atoms with Crippen molar-refractivity contribution in [2.45, 2.75) is 13.1 Å². The zero-order chi connectivity index (χ0) is 16.8. The first-order chi connectivity index (χ1) is 11.6. The number of rotatable bonds is 2. The Balaban J connectivity index is 1.93. The predicted octanol–water partition coefficient (Wildman–Crippen LogP) is 4.69. The van der Waals surface area contributed by atoms with Crippen molar-refractivity contribution in [2.75, 3.05) is 10.2 Å². The van der Waals surface area contributed by atoms with Crippen LogP contribution in [-0.2, 0) is 7.05 Å². The average Bonchev–Trinajstić information content (AvgIpc) is 3.06. The summed E-state index contributed by atoms with van der Waals surface area (Å²) < 4.78 is 1.85. The first-order valence-electron chi connectivity index (χ1n) is 7.50. The molecule has 0 saturated heterocycles. The molecule has 4 rings (SSSR count). The van der Waals surface area contributed by atoms with E-state index in [4.69, 9.17) is 23.2 Å². The van der Waals surface area contributed by atoms with Crippen molar-refractivity contribution in [1.29, 1.82) is 0 Å². The minimum atomic E-state index is -0.236. The third-order valence-electron chi connectivity index (χ3n) is 4.11. The van der Waals surface area contributed by atoms with Crippen LogP contribution in [0.1, 0.15) is 17.4 Å². The van der Waals surface area contributed by atoms with Crippen molar-refractivity contribution in [1.82, 2.24) is 14.8 Å². The molecule has 1 atom stereocenters. The van der Waals surface area contributed by atoms with Gasteiger partial charge in [0.1, 0.15) is 12.0 Å². The monoisotopic (exact) mass is 359 g/mol. The lowest BCUT2D eigenvalue weighted by Gasteiger charge is -2.28. The lowest BCUT2D eigenvalue weighted by atomic mass is 10.1. The van der Waals surface area contributed by atoms with Gasteiger partial charge in [0.25, 0.3) is 0 Å². The van der Waals surface area contributed by atoms with Gasteiger partial charge in [0.15, 0.2) is 0 Å². The van der Waals surface area contributed by atoms with Crippen molar-refractivity contribution in [3.05, 3.63) is 64.0 Å². The fourth-order valence-electron chi connectivity index (χ4n) is 3.11. The second-order valence-electron chi connectivity index (χ2n) is 5.71. The molecule has 5 nitrogen and oxygen atoms in total. The molecule has 2 aromatic heterocycles. The molecule has 122 valence electrons. The van der Waals surface area contributed by atoms with Crippen LogP contribution in [0.4, 0.5) is 17.2 Å². The minimum absolute atomic E-state index is 0.236. The fourth-order valence-corrected chi connectivity index (χ4v) is 3.71. The normalized spacial score (nSPS) is 16.2. The molecule has 3 heterocycles. The van der Waals surface area contributed by atoms with Crippen LogP contribution in [0.3, 0.4) is 0 Å². The second kappa shape index (κ2) is 5.69. The van der Waals surface area contributed by atoms with E-state index in [-0.39, 0.29) is 6.17 Å². The second-order valence-corrected chi connectivity index (χ2v) is 6.53. The largest absolute Gasteiger partial charge is 0.358 e. The van der Waals surface area contributed by atoms with E-state index in [1.807, 2.05) is 49.0 Å². The van der Waals surface area contributed by atoms with Crippen LogP contribution in [0.15, 0.2) is 42.7 Å². The van der Waals surface area contributed by atoms with E-state index < -0.39 is 0 Å². The molecule has 0 radical (unpaired) electrons. The molecule has 0 aliphatic carbocycles. The van der Waals surface area contributed by atoms with E-state index >= 15 is 0 Å². The van der Waals surface area contributed by atoms with Crippen LogP contribution in [0.5, 0.6) is 0 Å². The molecule has 0 bridgehead atoms. The molecule has 0 fully saturated rings. The van der Waals surface area contributed by atoms with Gasteiger partial charge in [-0.1, -0.05) is 29.3 Å². The van der Waals surface area contributed by atoms with Gasteiger partial charge < -0.3 is 5.32 Å². The maximum Gasteiger partial charge on any atom is 0.134 e. The SMILES string of the molecule is Cc1cc(N2c3ccncc3NC2c2c(Cl)cccc2Cl)n(C)n1. The molecule has 0 amide bonds. The summed E-state index contributed by atoms with van der Waals surface area (Å²) in [6.07, 6.45) is 3.34. The maximum atomic E-state index is 6.46. The Morgan fingerprint density at radius 2 is 1.92 bits per heavy atom. The topological polar surface area (TPSA) is 46.0 Å². The molecule has 24 heavy (non-hydrogen) atoms. The number of pyridine rings is 1. The Morgan fingerprint density at radius 3 is 2.58 bits per heavy atom. The standard InChI is InChI=1S/C17H15Cl2N5/c1-10-8-15(23(2)22-10)24-14-6-7-20-9-13(14)21-17(24)16-11(18)4-3-5-12(16)19/h3-9,17,21H,1-2H3. The average molecular weight is 360 g/mol. The Kier molecular flexibility index (Phi) is 3.62. The zero-order valence-corrected chi connectivity index (χ0v) is 14.7. The minimum Gasteiger partial charge on any atom is -0.358 e. The van der Waals surface area contributed by atoms with Gasteiger partial charge in [-0.2, -0.15) is 5.10 Å². The van der Waals surface area contributed by atoms with E-state index in [9.17, 15) is 0 Å². The molecule has 1 aliphatic heterocycles. The predicted molar refractivity (Wildman–Crippen MR) is 97.1 cm³/mol. The number of aryl methyl sites for hydroxylation is 2. The summed E-state index contributed by atoms with van der Waals surface area (Å²) in [5, 5.41) is 9.17. The number of benzene rings is 1. The summed E-state index contributed by atoms with van der Waals surface area (Å²) >= 11 is 12.9. The number of nitrogens with one attached hydrogen (secondary N) is 1. The number of halogens is 2. The van der Waals surface area contributed by atoms with Gasteiger partial charge in [-0.05, 0) is 25.1 Å². The highest BCUT2D eigenvalue weighted by atomic mass is 35.5. The number of hydrogen-bond donors (Lipinski definition) is 1. The molecular formula is C17H15Cl2N5. The van der Waals surface area contributed by atoms with Crippen LogP contribution in [0.25, 0.3) is 0 Å². The molecule has 0 saturated carbocycles. The number of hydrogen-bond acceptors (Lipinski definition) is 4. The van der Waals surface area contributed by atoms with Crippen LogP contribution < -0.4 is 10.2 Å². The molecule has 0 spiro atoms. The lowest BCUT2D eigenvalue weighted by Crippen LogP contribution is -2.25. The first kappa shape index (κ1) is 15.3. The summed E-state index contributed by atoms with van der Waals surface area (Å²) in [4.78, 5) is 6.35. The Labute approximate surface area is 149 Å².